The van der Waals surface area contributed by atoms with Crippen molar-refractivity contribution in [2.24, 2.45) is 5.92 Å². The van der Waals surface area contributed by atoms with Crippen LogP contribution in [-0.2, 0) is 15.7 Å². The zero-order valence-electron chi connectivity index (χ0n) is 15.9. The van der Waals surface area contributed by atoms with E-state index in [-0.39, 0.29) is 5.73 Å². The third-order valence-corrected chi connectivity index (χ3v) is 5.95. The predicted molar refractivity (Wildman–Crippen MR) is 96.2 cm³/mol. The van der Waals surface area contributed by atoms with Crippen molar-refractivity contribution in [1.29, 1.82) is 0 Å². The zero-order valence-corrected chi connectivity index (χ0v) is 15.9. The quantitative estimate of drug-likeness (QED) is 0.653. The third-order valence-electron chi connectivity index (χ3n) is 5.95. The summed E-state index contributed by atoms with van der Waals surface area (Å²) in [7, 11) is -0.941. The van der Waals surface area contributed by atoms with Gasteiger partial charge in [-0.15, -0.1) is 0 Å². The van der Waals surface area contributed by atoms with Gasteiger partial charge in [-0.05, 0) is 89.0 Å². The maximum absolute atomic E-state index is 14.9. The van der Waals surface area contributed by atoms with Gasteiger partial charge < -0.3 is 9.31 Å². The van der Waals surface area contributed by atoms with Crippen molar-refractivity contribution in [3.63, 3.8) is 0 Å². The molecule has 3 rings (SSSR count). The zero-order chi connectivity index (χ0) is 19.1. The van der Waals surface area contributed by atoms with E-state index >= 15 is 0 Å². The van der Waals surface area contributed by atoms with Crippen LogP contribution in [0.1, 0.15) is 58.9 Å². The molecule has 2 fully saturated rings. The molecule has 0 radical (unpaired) electrons. The number of halogens is 3. The fourth-order valence-electron chi connectivity index (χ4n) is 3.64. The molecule has 1 heterocycles. The Labute approximate surface area is 153 Å². The van der Waals surface area contributed by atoms with Crippen molar-refractivity contribution in [2.75, 3.05) is 0 Å². The van der Waals surface area contributed by atoms with Gasteiger partial charge in [-0.3, -0.25) is 0 Å². The molecule has 0 N–H and O–H groups in total. The van der Waals surface area contributed by atoms with Gasteiger partial charge >= 0.3 is 7.12 Å². The van der Waals surface area contributed by atoms with Crippen LogP contribution in [0.3, 0.4) is 0 Å². The van der Waals surface area contributed by atoms with E-state index in [2.05, 4.69) is 0 Å². The molecule has 0 atom stereocenters. The Hall–Kier alpha value is -1.27. The van der Waals surface area contributed by atoms with Crippen molar-refractivity contribution in [1.82, 2.24) is 0 Å². The third kappa shape index (κ3) is 4.01. The Bertz CT molecular complexity index is 669. The van der Waals surface area contributed by atoms with Crippen LogP contribution in [0.15, 0.2) is 29.5 Å². The van der Waals surface area contributed by atoms with E-state index in [1.807, 2.05) is 27.7 Å². The monoisotopic (exact) mass is 366 g/mol. The molecular formula is C20H26BF3O2. The van der Waals surface area contributed by atoms with E-state index in [1.165, 1.54) is 12.1 Å². The number of rotatable bonds is 3. The van der Waals surface area contributed by atoms with Crippen molar-refractivity contribution < 1.29 is 22.5 Å². The maximum atomic E-state index is 14.9. The molecule has 2 nitrogen and oxygen atoms in total. The summed E-state index contributed by atoms with van der Waals surface area (Å²) >= 11 is 0. The van der Waals surface area contributed by atoms with E-state index in [0.717, 1.165) is 24.5 Å². The molecule has 0 unspecified atom stereocenters. The number of hydrogen-bond acceptors (Lipinski definition) is 2. The smallest absolute Gasteiger partial charge is 0.398 e. The Morgan fingerprint density at radius 3 is 2.00 bits per heavy atom. The average Bonchev–Trinajstić information content (AvgIpc) is 2.74. The van der Waals surface area contributed by atoms with Crippen LogP contribution in [0.2, 0.25) is 0 Å². The van der Waals surface area contributed by atoms with Gasteiger partial charge in [0.2, 0.25) is 0 Å². The molecule has 1 aliphatic carbocycles. The van der Waals surface area contributed by atoms with Gasteiger partial charge in [0.05, 0.1) is 11.2 Å². The molecule has 142 valence electrons. The summed E-state index contributed by atoms with van der Waals surface area (Å²) in [5.41, 5.74) is -0.0296. The van der Waals surface area contributed by atoms with Crippen LogP contribution in [0.5, 0.6) is 0 Å². The molecule has 1 aliphatic heterocycles. The Morgan fingerprint density at radius 1 is 1.00 bits per heavy atom. The second-order valence-electron chi connectivity index (χ2n) is 8.46. The molecule has 2 aliphatic rings. The molecule has 0 bridgehead atoms. The summed E-state index contributed by atoms with van der Waals surface area (Å²) in [6.45, 7) is 7.61. The van der Waals surface area contributed by atoms with Gasteiger partial charge in [0, 0.05) is 6.07 Å². The topological polar surface area (TPSA) is 18.5 Å². The molecule has 1 saturated carbocycles. The SMILES string of the molecule is CC1(C)OB(C(F)=C2CCC(Cc3cc(F)cc(F)c3)CC2)OC1(C)C. The second-order valence-corrected chi connectivity index (χ2v) is 8.46. The van der Waals surface area contributed by atoms with Crippen LogP contribution < -0.4 is 0 Å². The Morgan fingerprint density at radius 2 is 1.50 bits per heavy atom. The Kier molecular flexibility index (Phi) is 5.28. The molecular weight excluding hydrogens is 340 g/mol. The first-order valence-electron chi connectivity index (χ1n) is 9.25. The van der Waals surface area contributed by atoms with Crippen molar-refractivity contribution in [3.05, 3.63) is 46.7 Å². The highest BCUT2D eigenvalue weighted by Crippen LogP contribution is 2.41. The summed E-state index contributed by atoms with van der Waals surface area (Å²) in [6.07, 6.45) is 3.44. The lowest BCUT2D eigenvalue weighted by atomic mass is 9.76. The Balaban J connectivity index is 1.62. The highest BCUT2D eigenvalue weighted by atomic mass is 19.1. The van der Waals surface area contributed by atoms with Crippen LogP contribution in [0.25, 0.3) is 0 Å². The van der Waals surface area contributed by atoms with Crippen molar-refractivity contribution >= 4 is 7.12 Å². The predicted octanol–water partition coefficient (Wildman–Crippen LogP) is 5.55. The molecule has 1 saturated heterocycles. The average molecular weight is 366 g/mol. The van der Waals surface area contributed by atoms with Gasteiger partial charge in [-0.25, -0.2) is 13.2 Å². The number of allylic oxidation sites excluding steroid dienone is 1. The molecule has 1 aromatic carbocycles. The highest BCUT2D eigenvalue weighted by Gasteiger charge is 2.53. The molecule has 1 aromatic rings. The lowest BCUT2D eigenvalue weighted by Crippen LogP contribution is -2.41. The molecule has 0 spiro atoms. The fourth-order valence-corrected chi connectivity index (χ4v) is 3.64. The summed E-state index contributed by atoms with van der Waals surface area (Å²) < 4.78 is 53.1. The normalized spacial score (nSPS) is 24.8. The van der Waals surface area contributed by atoms with Gasteiger partial charge in [-0.1, -0.05) is 0 Å². The molecule has 6 heteroatoms. The second kappa shape index (κ2) is 7.04. The summed E-state index contributed by atoms with van der Waals surface area (Å²) in [6, 6.07) is 3.63. The lowest BCUT2D eigenvalue weighted by molar-refractivity contribution is 0.00578. The minimum Gasteiger partial charge on any atom is -0.398 e. The van der Waals surface area contributed by atoms with Gasteiger partial charge in [0.15, 0.2) is 0 Å². The van der Waals surface area contributed by atoms with Gasteiger partial charge in [-0.2, -0.15) is 0 Å². The van der Waals surface area contributed by atoms with Gasteiger partial charge in [0.25, 0.3) is 0 Å². The summed E-state index contributed by atoms with van der Waals surface area (Å²) in [5, 5.41) is 0. The van der Waals surface area contributed by atoms with Crippen molar-refractivity contribution in [2.45, 2.75) is 71.0 Å². The van der Waals surface area contributed by atoms with Crippen molar-refractivity contribution in [3.8, 4) is 0 Å². The van der Waals surface area contributed by atoms with Crippen LogP contribution in [-0.4, -0.2) is 18.3 Å². The van der Waals surface area contributed by atoms with Crippen LogP contribution >= 0.6 is 0 Å². The lowest BCUT2D eigenvalue weighted by Gasteiger charge is -2.32. The molecule has 26 heavy (non-hydrogen) atoms. The first kappa shape index (κ1) is 19.5. The van der Waals surface area contributed by atoms with E-state index in [1.54, 1.807) is 0 Å². The van der Waals surface area contributed by atoms with E-state index < -0.39 is 30.0 Å². The highest BCUT2D eigenvalue weighted by molar-refractivity contribution is 6.53. The van der Waals surface area contributed by atoms with E-state index in [0.29, 0.717) is 30.7 Å². The van der Waals surface area contributed by atoms with Crippen LogP contribution in [0.4, 0.5) is 13.2 Å². The van der Waals surface area contributed by atoms with Gasteiger partial charge in [0.1, 0.15) is 17.4 Å². The number of hydrogen-bond donors (Lipinski definition) is 0. The maximum Gasteiger partial charge on any atom is 0.525 e. The fraction of sp³-hybridized carbons (Fsp3) is 0.600. The standard InChI is InChI=1S/C20H26BF3O2/c1-19(2)20(3,4)26-21(25-19)18(24)15-7-5-13(6-8-15)9-14-10-16(22)12-17(23)11-14/h10-13H,5-9H2,1-4H3. The number of benzene rings is 1. The minimum absolute atomic E-state index is 0.297. The van der Waals surface area contributed by atoms with Crippen LogP contribution in [0, 0.1) is 17.6 Å². The summed E-state index contributed by atoms with van der Waals surface area (Å²) in [4.78, 5) is 0. The summed E-state index contributed by atoms with van der Waals surface area (Å²) in [5.74, 6) is -0.808. The van der Waals surface area contributed by atoms with E-state index in [9.17, 15) is 13.2 Å². The molecule has 0 aromatic heterocycles. The van der Waals surface area contributed by atoms with E-state index in [4.69, 9.17) is 9.31 Å². The first-order chi connectivity index (χ1) is 12.1. The molecule has 0 amide bonds. The minimum atomic E-state index is -0.941. The largest absolute Gasteiger partial charge is 0.525 e. The first-order valence-corrected chi connectivity index (χ1v) is 9.25.